The van der Waals surface area contributed by atoms with Gasteiger partial charge in [0.05, 0.1) is 11.9 Å². The van der Waals surface area contributed by atoms with E-state index in [9.17, 15) is 9.18 Å². The van der Waals surface area contributed by atoms with E-state index in [4.69, 9.17) is 5.11 Å². The Balaban J connectivity index is 2.60. The number of halogens is 1. The molecule has 2 aromatic heterocycles. The highest BCUT2D eigenvalue weighted by Gasteiger charge is 2.14. The first kappa shape index (κ1) is 10.3. The van der Waals surface area contributed by atoms with Gasteiger partial charge in [-0.15, -0.1) is 0 Å². The normalized spacial score (nSPS) is 10.4. The van der Waals surface area contributed by atoms with Crippen LogP contribution in [0.15, 0.2) is 24.5 Å². The van der Waals surface area contributed by atoms with Crippen molar-refractivity contribution in [3.63, 3.8) is 0 Å². The van der Waals surface area contributed by atoms with E-state index in [-0.39, 0.29) is 11.4 Å². The molecule has 16 heavy (non-hydrogen) atoms. The summed E-state index contributed by atoms with van der Waals surface area (Å²) in [6.45, 7) is 1.76. The molecule has 0 atom stereocenters. The van der Waals surface area contributed by atoms with Crippen LogP contribution in [0.25, 0.3) is 5.82 Å². The number of aromatic nitrogens is 3. The van der Waals surface area contributed by atoms with Crippen molar-refractivity contribution in [1.82, 2.24) is 14.8 Å². The highest BCUT2D eigenvalue weighted by atomic mass is 19.1. The molecule has 0 unspecified atom stereocenters. The first-order valence-electron chi connectivity index (χ1n) is 4.49. The SMILES string of the molecule is Cc1ccn(-c2ncc(F)cc2C(=O)O)n1. The first-order valence-corrected chi connectivity index (χ1v) is 4.49. The lowest BCUT2D eigenvalue weighted by Gasteiger charge is -2.04. The number of aromatic carboxylic acids is 1. The van der Waals surface area contributed by atoms with Gasteiger partial charge in [-0.3, -0.25) is 0 Å². The quantitative estimate of drug-likeness (QED) is 0.832. The molecule has 2 aromatic rings. The minimum absolute atomic E-state index is 0.0991. The van der Waals surface area contributed by atoms with Crippen molar-refractivity contribution in [2.45, 2.75) is 6.92 Å². The van der Waals surface area contributed by atoms with Crippen LogP contribution in [0, 0.1) is 12.7 Å². The van der Waals surface area contributed by atoms with E-state index in [0.717, 1.165) is 18.0 Å². The van der Waals surface area contributed by atoms with Crippen LogP contribution < -0.4 is 0 Å². The highest BCUT2D eigenvalue weighted by Crippen LogP contribution is 2.12. The maximum atomic E-state index is 12.9. The van der Waals surface area contributed by atoms with Gasteiger partial charge in [-0.1, -0.05) is 0 Å². The molecular weight excluding hydrogens is 213 g/mol. The van der Waals surface area contributed by atoms with E-state index in [1.807, 2.05) is 0 Å². The molecule has 0 aliphatic rings. The number of carbonyl (C=O) groups is 1. The maximum Gasteiger partial charge on any atom is 0.339 e. The zero-order chi connectivity index (χ0) is 11.7. The van der Waals surface area contributed by atoms with Gasteiger partial charge in [0.15, 0.2) is 5.82 Å². The second-order valence-electron chi connectivity index (χ2n) is 3.23. The molecule has 0 aromatic carbocycles. The standard InChI is InChI=1S/C10H8FN3O2/c1-6-2-3-14(13-6)9-8(10(15)16)4-7(11)5-12-9/h2-5H,1H3,(H,15,16). The Labute approximate surface area is 90.2 Å². The molecule has 0 aliphatic carbocycles. The highest BCUT2D eigenvalue weighted by molar-refractivity contribution is 5.90. The number of aryl methyl sites for hydroxylation is 1. The van der Waals surface area contributed by atoms with Gasteiger partial charge in [0.25, 0.3) is 0 Å². The van der Waals surface area contributed by atoms with Crippen LogP contribution in [-0.4, -0.2) is 25.8 Å². The van der Waals surface area contributed by atoms with Gasteiger partial charge < -0.3 is 5.11 Å². The van der Waals surface area contributed by atoms with Gasteiger partial charge in [-0.05, 0) is 19.1 Å². The molecule has 0 fully saturated rings. The number of carboxylic acid groups (broad SMARTS) is 1. The molecule has 0 saturated heterocycles. The monoisotopic (exact) mass is 221 g/mol. The van der Waals surface area contributed by atoms with Gasteiger partial charge in [0.2, 0.25) is 0 Å². The van der Waals surface area contributed by atoms with Gasteiger partial charge in [0, 0.05) is 6.20 Å². The number of rotatable bonds is 2. The number of hydrogen-bond donors (Lipinski definition) is 1. The lowest BCUT2D eigenvalue weighted by atomic mass is 10.2. The second kappa shape index (κ2) is 3.73. The van der Waals surface area contributed by atoms with Crippen LogP contribution >= 0.6 is 0 Å². The fourth-order valence-corrected chi connectivity index (χ4v) is 1.31. The lowest BCUT2D eigenvalue weighted by Crippen LogP contribution is -2.09. The second-order valence-corrected chi connectivity index (χ2v) is 3.23. The van der Waals surface area contributed by atoms with Crippen molar-refractivity contribution in [2.75, 3.05) is 0 Å². The summed E-state index contributed by atoms with van der Waals surface area (Å²) in [5.74, 6) is -1.83. The topological polar surface area (TPSA) is 68.0 Å². The largest absolute Gasteiger partial charge is 0.478 e. The van der Waals surface area contributed by atoms with E-state index in [1.165, 1.54) is 4.68 Å². The molecule has 0 aliphatic heterocycles. The number of hydrogen-bond acceptors (Lipinski definition) is 3. The summed E-state index contributed by atoms with van der Waals surface area (Å²) in [7, 11) is 0. The Bertz CT molecular complexity index is 551. The Kier molecular flexibility index (Phi) is 2.40. The van der Waals surface area contributed by atoms with Crippen molar-refractivity contribution in [3.05, 3.63) is 41.6 Å². The number of pyridine rings is 1. The maximum absolute atomic E-state index is 12.9. The van der Waals surface area contributed by atoms with E-state index >= 15 is 0 Å². The van der Waals surface area contributed by atoms with Crippen LogP contribution in [0.1, 0.15) is 16.1 Å². The third-order valence-electron chi connectivity index (χ3n) is 2.00. The van der Waals surface area contributed by atoms with Gasteiger partial charge in [-0.2, -0.15) is 5.10 Å². The zero-order valence-corrected chi connectivity index (χ0v) is 8.38. The molecule has 0 spiro atoms. The molecule has 2 heterocycles. The molecule has 2 rings (SSSR count). The third-order valence-corrected chi connectivity index (χ3v) is 2.00. The van der Waals surface area contributed by atoms with Crippen LogP contribution in [0.2, 0.25) is 0 Å². The fourth-order valence-electron chi connectivity index (χ4n) is 1.31. The van der Waals surface area contributed by atoms with Crippen molar-refractivity contribution in [3.8, 4) is 5.82 Å². The van der Waals surface area contributed by atoms with Crippen LogP contribution in [0.5, 0.6) is 0 Å². The zero-order valence-electron chi connectivity index (χ0n) is 8.38. The molecule has 0 amide bonds. The van der Waals surface area contributed by atoms with Crippen LogP contribution in [0.4, 0.5) is 4.39 Å². The van der Waals surface area contributed by atoms with Crippen molar-refractivity contribution in [2.24, 2.45) is 0 Å². The van der Waals surface area contributed by atoms with Gasteiger partial charge in [-0.25, -0.2) is 18.9 Å². The minimum atomic E-state index is -1.24. The number of nitrogens with zero attached hydrogens (tertiary/aromatic N) is 3. The Morgan fingerprint density at radius 2 is 2.31 bits per heavy atom. The average molecular weight is 221 g/mol. The Morgan fingerprint density at radius 1 is 1.56 bits per heavy atom. The molecular formula is C10H8FN3O2. The molecule has 0 saturated carbocycles. The number of carboxylic acids is 1. The average Bonchev–Trinajstić information content (AvgIpc) is 2.64. The first-order chi connectivity index (χ1) is 7.58. The van der Waals surface area contributed by atoms with E-state index in [0.29, 0.717) is 0 Å². The molecule has 5 nitrogen and oxygen atoms in total. The smallest absolute Gasteiger partial charge is 0.339 e. The third kappa shape index (κ3) is 1.77. The molecule has 6 heteroatoms. The van der Waals surface area contributed by atoms with Crippen LogP contribution in [0.3, 0.4) is 0 Å². The lowest BCUT2D eigenvalue weighted by molar-refractivity contribution is 0.0695. The summed E-state index contributed by atoms with van der Waals surface area (Å²) < 4.78 is 14.2. The van der Waals surface area contributed by atoms with Crippen molar-refractivity contribution < 1.29 is 14.3 Å². The summed E-state index contributed by atoms with van der Waals surface area (Å²) in [4.78, 5) is 14.6. The summed E-state index contributed by atoms with van der Waals surface area (Å²) in [6, 6.07) is 2.62. The Hall–Kier alpha value is -2.24. The predicted octanol–water partition coefficient (Wildman–Crippen LogP) is 1.41. The summed E-state index contributed by atoms with van der Waals surface area (Å²) in [5.41, 5.74) is 0.505. The van der Waals surface area contributed by atoms with Crippen molar-refractivity contribution >= 4 is 5.97 Å². The summed E-state index contributed by atoms with van der Waals surface area (Å²) >= 11 is 0. The van der Waals surface area contributed by atoms with Crippen LogP contribution in [-0.2, 0) is 0 Å². The fraction of sp³-hybridized carbons (Fsp3) is 0.100. The van der Waals surface area contributed by atoms with E-state index in [2.05, 4.69) is 10.1 Å². The minimum Gasteiger partial charge on any atom is -0.478 e. The Morgan fingerprint density at radius 3 is 2.88 bits per heavy atom. The molecule has 1 N–H and O–H groups in total. The van der Waals surface area contributed by atoms with Crippen molar-refractivity contribution in [1.29, 1.82) is 0 Å². The molecule has 0 bridgehead atoms. The van der Waals surface area contributed by atoms with E-state index < -0.39 is 11.8 Å². The van der Waals surface area contributed by atoms with E-state index in [1.54, 1.807) is 19.2 Å². The summed E-state index contributed by atoms with van der Waals surface area (Å²) in [5, 5.41) is 12.9. The summed E-state index contributed by atoms with van der Waals surface area (Å²) in [6.07, 6.45) is 2.53. The van der Waals surface area contributed by atoms with Gasteiger partial charge >= 0.3 is 5.97 Å². The van der Waals surface area contributed by atoms with Gasteiger partial charge in [0.1, 0.15) is 11.4 Å². The predicted molar refractivity (Wildman–Crippen MR) is 53.0 cm³/mol. The molecule has 82 valence electrons. The molecule has 0 radical (unpaired) electrons.